The number of ether oxygens (including phenoxy) is 1. The zero-order valence-corrected chi connectivity index (χ0v) is 20.9. The Kier molecular flexibility index (Phi) is 8.76. The molecule has 1 unspecified atom stereocenters. The minimum Gasteiger partial charge on any atom is -0.406 e. The van der Waals surface area contributed by atoms with E-state index in [4.69, 9.17) is 0 Å². The lowest BCUT2D eigenvalue weighted by Gasteiger charge is -2.11. The number of hydrogen-bond donors (Lipinski definition) is 1. The molecule has 210 valence electrons. The summed E-state index contributed by atoms with van der Waals surface area (Å²) < 4.78 is 59.6. The Morgan fingerprint density at radius 3 is 2.55 bits per heavy atom. The summed E-state index contributed by atoms with van der Waals surface area (Å²) in [6, 6.07) is 13.0. The number of rotatable bonds is 11. The first-order valence-electron chi connectivity index (χ1n) is 12.1. The number of nitrogens with one attached hydrogen (secondary N) is 1. The van der Waals surface area contributed by atoms with Gasteiger partial charge in [0, 0.05) is 37.6 Å². The van der Waals surface area contributed by atoms with E-state index in [1.807, 2.05) is 0 Å². The van der Waals surface area contributed by atoms with E-state index in [1.54, 1.807) is 30.6 Å². The maximum atomic E-state index is 14.6. The monoisotopic (exact) mass is 560 g/mol. The molecule has 0 bridgehead atoms. The average molecular weight is 561 g/mol. The van der Waals surface area contributed by atoms with Crippen LogP contribution in [-0.2, 0) is 26.2 Å². The van der Waals surface area contributed by atoms with E-state index in [-0.39, 0.29) is 49.4 Å². The maximum absolute atomic E-state index is 14.6. The van der Waals surface area contributed by atoms with Crippen molar-refractivity contribution in [1.29, 1.82) is 0 Å². The normalized spacial score (nSPS) is 12.2. The summed E-state index contributed by atoms with van der Waals surface area (Å²) in [5.74, 6) is -1.06. The van der Waals surface area contributed by atoms with Gasteiger partial charge in [-0.25, -0.2) is 9.07 Å². The molecule has 0 saturated heterocycles. The summed E-state index contributed by atoms with van der Waals surface area (Å²) in [5, 5.41) is 9.96. The van der Waals surface area contributed by atoms with E-state index in [9.17, 15) is 31.9 Å². The molecule has 0 radical (unpaired) electrons. The minimum atomic E-state index is -4.83. The smallest absolute Gasteiger partial charge is 0.406 e. The fraction of sp³-hybridized carbons (Fsp3) is 0.269. The first-order valence-corrected chi connectivity index (χ1v) is 12.1. The standard InChI is InChI=1S/C26H24F4N6O4/c27-20(8-11-34-10-7-19(13-24(34)38)15-35-9-2-1-6-23(35)37)16-36-17-22(32-33-36)25(39)31-14-18-4-3-5-21(12-18)40-26(28,29)30/h1-7,9-10,12-13,17,20H,8,11,14-16H2,(H,31,39). The van der Waals surface area contributed by atoms with Gasteiger partial charge in [0.05, 0.1) is 19.3 Å². The second kappa shape index (κ2) is 12.4. The van der Waals surface area contributed by atoms with Crippen molar-refractivity contribution < 1.29 is 27.1 Å². The number of carbonyl (C=O) groups is 1. The zero-order chi connectivity index (χ0) is 28.7. The lowest BCUT2D eigenvalue weighted by molar-refractivity contribution is -0.274. The molecule has 1 N–H and O–H groups in total. The third-order valence-electron chi connectivity index (χ3n) is 5.74. The molecule has 0 aliphatic heterocycles. The highest BCUT2D eigenvalue weighted by Crippen LogP contribution is 2.23. The van der Waals surface area contributed by atoms with Gasteiger partial charge in [-0.2, -0.15) is 0 Å². The molecule has 1 aromatic carbocycles. The lowest BCUT2D eigenvalue weighted by Crippen LogP contribution is -2.24. The fourth-order valence-corrected chi connectivity index (χ4v) is 3.81. The number of alkyl halides is 4. The molecule has 1 atom stereocenters. The van der Waals surface area contributed by atoms with Crippen LogP contribution in [0.25, 0.3) is 0 Å². The Balaban J connectivity index is 1.25. The highest BCUT2D eigenvalue weighted by molar-refractivity contribution is 5.91. The Labute approximate surface area is 224 Å². The predicted molar refractivity (Wildman–Crippen MR) is 134 cm³/mol. The van der Waals surface area contributed by atoms with Crippen LogP contribution in [0.3, 0.4) is 0 Å². The van der Waals surface area contributed by atoms with Crippen LogP contribution in [0.5, 0.6) is 5.75 Å². The van der Waals surface area contributed by atoms with Crippen molar-refractivity contribution in [2.24, 2.45) is 0 Å². The Hall–Kier alpha value is -4.75. The van der Waals surface area contributed by atoms with Gasteiger partial charge < -0.3 is 19.2 Å². The fourth-order valence-electron chi connectivity index (χ4n) is 3.81. The lowest BCUT2D eigenvalue weighted by atomic mass is 10.2. The number of carbonyl (C=O) groups excluding carboxylic acids is 1. The number of aromatic nitrogens is 5. The summed E-state index contributed by atoms with van der Waals surface area (Å²) in [6.45, 7) is 0.0380. The minimum absolute atomic E-state index is 0.00484. The van der Waals surface area contributed by atoms with Crippen LogP contribution in [0.2, 0.25) is 0 Å². The van der Waals surface area contributed by atoms with Gasteiger partial charge in [0.1, 0.15) is 11.9 Å². The van der Waals surface area contributed by atoms with Crippen LogP contribution in [0.4, 0.5) is 17.6 Å². The van der Waals surface area contributed by atoms with Crippen molar-refractivity contribution in [2.75, 3.05) is 0 Å². The molecule has 3 heterocycles. The van der Waals surface area contributed by atoms with Gasteiger partial charge in [-0.1, -0.05) is 23.4 Å². The number of nitrogens with zero attached hydrogens (tertiary/aromatic N) is 5. The number of aryl methyl sites for hydroxylation is 1. The molecule has 1 amide bonds. The van der Waals surface area contributed by atoms with Gasteiger partial charge in [-0.15, -0.1) is 18.3 Å². The first kappa shape index (κ1) is 28.3. The SMILES string of the molecule is O=C(NCc1cccc(OC(F)(F)F)c1)c1cn(CC(F)CCn2ccc(Cn3ccccc3=O)cc2=O)nn1. The topological polar surface area (TPSA) is 113 Å². The summed E-state index contributed by atoms with van der Waals surface area (Å²) in [6.07, 6.45) is -1.82. The van der Waals surface area contributed by atoms with E-state index >= 15 is 0 Å². The molecule has 4 rings (SSSR count). The second-order valence-corrected chi connectivity index (χ2v) is 8.82. The summed E-state index contributed by atoms with van der Waals surface area (Å²) in [7, 11) is 0. The van der Waals surface area contributed by atoms with Gasteiger partial charge in [-0.3, -0.25) is 14.4 Å². The van der Waals surface area contributed by atoms with Crippen molar-refractivity contribution in [2.45, 2.75) is 45.1 Å². The van der Waals surface area contributed by atoms with E-state index in [2.05, 4.69) is 20.4 Å². The van der Waals surface area contributed by atoms with E-state index in [1.165, 1.54) is 39.6 Å². The maximum Gasteiger partial charge on any atom is 0.573 e. The van der Waals surface area contributed by atoms with Gasteiger partial charge in [0.2, 0.25) is 0 Å². The van der Waals surface area contributed by atoms with Crippen LogP contribution in [0.15, 0.2) is 82.8 Å². The van der Waals surface area contributed by atoms with Gasteiger partial charge in [-0.05, 0) is 41.8 Å². The number of benzene rings is 1. The molecule has 0 aliphatic rings. The molecular formula is C26H24F4N6O4. The van der Waals surface area contributed by atoms with Crippen LogP contribution in [0.1, 0.15) is 28.0 Å². The summed E-state index contributed by atoms with van der Waals surface area (Å²) in [5.41, 5.74) is 0.388. The molecule has 3 aromatic heterocycles. The largest absolute Gasteiger partial charge is 0.573 e. The van der Waals surface area contributed by atoms with Gasteiger partial charge in [0.15, 0.2) is 5.69 Å². The number of halogens is 4. The predicted octanol–water partition coefficient (Wildman–Crippen LogP) is 2.91. The first-order chi connectivity index (χ1) is 19.1. The highest BCUT2D eigenvalue weighted by Gasteiger charge is 2.31. The quantitative estimate of drug-likeness (QED) is 0.283. The highest BCUT2D eigenvalue weighted by atomic mass is 19.4. The molecule has 0 fully saturated rings. The number of pyridine rings is 2. The second-order valence-electron chi connectivity index (χ2n) is 8.82. The van der Waals surface area contributed by atoms with Crippen LogP contribution in [-0.4, -0.2) is 42.6 Å². The van der Waals surface area contributed by atoms with Gasteiger partial charge >= 0.3 is 6.36 Å². The molecule has 10 nitrogen and oxygen atoms in total. The van der Waals surface area contributed by atoms with Crippen molar-refractivity contribution in [3.8, 4) is 5.75 Å². The molecule has 0 aliphatic carbocycles. The van der Waals surface area contributed by atoms with Crippen LogP contribution in [0, 0.1) is 0 Å². The Bertz CT molecular complexity index is 1580. The molecule has 0 spiro atoms. The van der Waals surface area contributed by atoms with E-state index in [0.29, 0.717) is 11.1 Å². The van der Waals surface area contributed by atoms with E-state index < -0.39 is 24.2 Å². The van der Waals surface area contributed by atoms with Gasteiger partial charge in [0.25, 0.3) is 17.0 Å². The Morgan fingerprint density at radius 1 is 0.975 bits per heavy atom. The van der Waals surface area contributed by atoms with Crippen LogP contribution < -0.4 is 21.2 Å². The van der Waals surface area contributed by atoms with Crippen molar-refractivity contribution in [1.82, 2.24) is 29.4 Å². The van der Waals surface area contributed by atoms with Crippen molar-refractivity contribution in [3.63, 3.8) is 0 Å². The van der Waals surface area contributed by atoms with Crippen molar-refractivity contribution in [3.05, 3.63) is 111 Å². The average Bonchev–Trinajstić information content (AvgIpc) is 3.36. The number of hydrogen-bond acceptors (Lipinski definition) is 6. The Morgan fingerprint density at radius 2 is 1.80 bits per heavy atom. The molecular weight excluding hydrogens is 536 g/mol. The van der Waals surface area contributed by atoms with Crippen molar-refractivity contribution >= 4 is 5.91 Å². The van der Waals surface area contributed by atoms with E-state index in [0.717, 1.165) is 16.8 Å². The zero-order valence-electron chi connectivity index (χ0n) is 20.9. The van der Waals surface area contributed by atoms with Crippen LogP contribution >= 0.6 is 0 Å². The summed E-state index contributed by atoms with van der Waals surface area (Å²) >= 11 is 0. The molecule has 14 heteroatoms. The third kappa shape index (κ3) is 8.12. The summed E-state index contributed by atoms with van der Waals surface area (Å²) in [4.78, 5) is 36.6. The third-order valence-corrected chi connectivity index (χ3v) is 5.74. The molecule has 0 saturated carbocycles. The number of amides is 1. The molecule has 4 aromatic rings. The molecule has 40 heavy (non-hydrogen) atoms.